The molecule has 0 aliphatic carbocycles. The summed E-state index contributed by atoms with van der Waals surface area (Å²) in [5.74, 6) is 1.33. The third kappa shape index (κ3) is 3.17. The highest BCUT2D eigenvalue weighted by Gasteiger charge is 2.25. The first kappa shape index (κ1) is 12.3. The van der Waals surface area contributed by atoms with Crippen molar-refractivity contribution in [3.8, 4) is 0 Å². The molecule has 2 N–H and O–H groups in total. The lowest BCUT2D eigenvalue weighted by Gasteiger charge is -2.17. The van der Waals surface area contributed by atoms with Gasteiger partial charge in [-0.2, -0.15) is 0 Å². The fourth-order valence-electron chi connectivity index (χ4n) is 2.34. The van der Waals surface area contributed by atoms with Crippen LogP contribution in [0.4, 0.5) is 5.82 Å². The summed E-state index contributed by atoms with van der Waals surface area (Å²) in [5, 5.41) is 12.6. The lowest BCUT2D eigenvalue weighted by molar-refractivity contribution is 0.127. The van der Waals surface area contributed by atoms with Gasteiger partial charge in [-0.1, -0.05) is 6.07 Å². The van der Waals surface area contributed by atoms with Crippen molar-refractivity contribution in [3.05, 3.63) is 23.9 Å². The maximum Gasteiger partial charge on any atom is 0.126 e. The molecule has 2 atom stereocenters. The van der Waals surface area contributed by atoms with E-state index in [1.807, 2.05) is 26.1 Å². The lowest BCUT2D eigenvalue weighted by atomic mass is 10.0. The Labute approximate surface area is 103 Å². The molecule has 0 spiro atoms. The molecule has 2 heterocycles. The Morgan fingerprint density at radius 2 is 2.41 bits per heavy atom. The van der Waals surface area contributed by atoms with E-state index in [0.29, 0.717) is 5.92 Å². The number of rotatable bonds is 4. The lowest BCUT2D eigenvalue weighted by Crippen LogP contribution is -2.24. The zero-order valence-corrected chi connectivity index (χ0v) is 10.6. The van der Waals surface area contributed by atoms with Crippen LogP contribution in [0.15, 0.2) is 18.2 Å². The molecule has 2 rings (SSSR count). The van der Waals surface area contributed by atoms with Crippen LogP contribution >= 0.6 is 0 Å². The second-order valence-corrected chi connectivity index (χ2v) is 4.79. The van der Waals surface area contributed by atoms with Gasteiger partial charge < -0.3 is 10.4 Å². The molecule has 4 heteroatoms. The zero-order chi connectivity index (χ0) is 12.3. The van der Waals surface area contributed by atoms with Crippen molar-refractivity contribution >= 4 is 5.82 Å². The minimum Gasteiger partial charge on any atom is -0.393 e. The van der Waals surface area contributed by atoms with Crippen LogP contribution in [0.25, 0.3) is 0 Å². The monoisotopic (exact) mass is 235 g/mol. The average molecular weight is 235 g/mol. The van der Waals surface area contributed by atoms with Gasteiger partial charge in [-0.15, -0.1) is 0 Å². The van der Waals surface area contributed by atoms with E-state index in [4.69, 9.17) is 0 Å². The Bertz CT molecular complexity index is 367. The Morgan fingerprint density at radius 1 is 1.59 bits per heavy atom. The van der Waals surface area contributed by atoms with E-state index in [-0.39, 0.29) is 6.10 Å². The van der Waals surface area contributed by atoms with Gasteiger partial charge in [0.2, 0.25) is 0 Å². The Hall–Kier alpha value is -1.13. The number of aliphatic hydroxyl groups excluding tert-OH is 1. The van der Waals surface area contributed by atoms with Gasteiger partial charge >= 0.3 is 0 Å². The van der Waals surface area contributed by atoms with Gasteiger partial charge in [0.05, 0.1) is 11.8 Å². The Kier molecular flexibility index (Phi) is 3.97. The number of hydrogen-bond donors (Lipinski definition) is 2. The minimum absolute atomic E-state index is 0.198. The highest BCUT2D eigenvalue weighted by Crippen LogP contribution is 2.21. The molecule has 0 saturated carbocycles. The van der Waals surface area contributed by atoms with Crippen LogP contribution < -0.4 is 5.32 Å². The van der Waals surface area contributed by atoms with Crippen molar-refractivity contribution in [2.45, 2.75) is 26.0 Å². The van der Waals surface area contributed by atoms with Crippen molar-refractivity contribution in [3.63, 3.8) is 0 Å². The largest absolute Gasteiger partial charge is 0.393 e. The highest BCUT2D eigenvalue weighted by atomic mass is 16.3. The molecule has 2 unspecified atom stereocenters. The zero-order valence-electron chi connectivity index (χ0n) is 10.6. The van der Waals surface area contributed by atoms with E-state index < -0.39 is 0 Å². The molecule has 1 aliphatic rings. The van der Waals surface area contributed by atoms with E-state index in [2.05, 4.69) is 21.3 Å². The number of hydrogen-bond acceptors (Lipinski definition) is 4. The number of pyridine rings is 1. The standard InChI is InChI=1S/C13H21N3O/c1-10(17)11-6-7-16(8-11)9-12-4-3-5-13(14-2)15-12/h3-5,10-11,17H,6-9H2,1-2H3,(H,14,15). The van der Waals surface area contributed by atoms with Crippen LogP contribution in [-0.2, 0) is 6.54 Å². The molecule has 17 heavy (non-hydrogen) atoms. The fourth-order valence-corrected chi connectivity index (χ4v) is 2.34. The average Bonchev–Trinajstić information content (AvgIpc) is 2.78. The molecular formula is C13H21N3O. The summed E-state index contributed by atoms with van der Waals surface area (Å²) < 4.78 is 0. The van der Waals surface area contributed by atoms with Gasteiger partial charge in [-0.25, -0.2) is 4.98 Å². The van der Waals surface area contributed by atoms with Crippen molar-refractivity contribution in [1.82, 2.24) is 9.88 Å². The summed E-state index contributed by atoms with van der Waals surface area (Å²) in [4.78, 5) is 6.87. The first-order valence-electron chi connectivity index (χ1n) is 6.23. The second kappa shape index (κ2) is 5.47. The van der Waals surface area contributed by atoms with Gasteiger partial charge in [-0.05, 0) is 37.9 Å². The van der Waals surface area contributed by atoms with E-state index >= 15 is 0 Å². The van der Waals surface area contributed by atoms with Crippen molar-refractivity contribution in [2.24, 2.45) is 5.92 Å². The summed E-state index contributed by atoms with van der Waals surface area (Å²) in [5.41, 5.74) is 1.09. The first-order valence-corrected chi connectivity index (χ1v) is 6.23. The molecule has 1 aromatic heterocycles. The smallest absolute Gasteiger partial charge is 0.126 e. The van der Waals surface area contributed by atoms with E-state index in [9.17, 15) is 5.11 Å². The van der Waals surface area contributed by atoms with Crippen molar-refractivity contribution in [2.75, 3.05) is 25.5 Å². The van der Waals surface area contributed by atoms with Crippen molar-refractivity contribution < 1.29 is 5.11 Å². The molecular weight excluding hydrogens is 214 g/mol. The Morgan fingerprint density at radius 3 is 3.06 bits per heavy atom. The number of anilines is 1. The van der Waals surface area contributed by atoms with E-state index in [0.717, 1.165) is 37.6 Å². The molecule has 0 amide bonds. The van der Waals surface area contributed by atoms with Gasteiger partial charge in [-0.3, -0.25) is 4.90 Å². The summed E-state index contributed by atoms with van der Waals surface area (Å²) in [6.07, 6.45) is 0.889. The molecule has 0 aromatic carbocycles. The van der Waals surface area contributed by atoms with Crippen LogP contribution in [0.1, 0.15) is 19.0 Å². The minimum atomic E-state index is -0.198. The number of likely N-dealkylation sites (tertiary alicyclic amines) is 1. The fraction of sp³-hybridized carbons (Fsp3) is 0.615. The predicted octanol–water partition coefficient (Wildman–Crippen LogP) is 1.33. The summed E-state index contributed by atoms with van der Waals surface area (Å²) in [6.45, 7) is 4.79. The number of nitrogens with one attached hydrogen (secondary N) is 1. The third-order valence-electron chi connectivity index (χ3n) is 3.44. The van der Waals surface area contributed by atoms with Crippen molar-refractivity contribution in [1.29, 1.82) is 0 Å². The summed E-state index contributed by atoms with van der Waals surface area (Å²) in [6, 6.07) is 6.04. The van der Waals surface area contributed by atoms with Crippen LogP contribution in [0.2, 0.25) is 0 Å². The predicted molar refractivity (Wildman–Crippen MR) is 68.8 cm³/mol. The SMILES string of the molecule is CNc1cccc(CN2CCC(C(C)O)C2)n1. The molecule has 94 valence electrons. The van der Waals surface area contributed by atoms with Crippen LogP contribution in [0.3, 0.4) is 0 Å². The summed E-state index contributed by atoms with van der Waals surface area (Å²) >= 11 is 0. The number of nitrogens with zero attached hydrogens (tertiary/aromatic N) is 2. The first-order chi connectivity index (χ1) is 8.19. The Balaban J connectivity index is 1.93. The number of aliphatic hydroxyl groups is 1. The van der Waals surface area contributed by atoms with Crippen LogP contribution in [0.5, 0.6) is 0 Å². The molecule has 1 fully saturated rings. The third-order valence-corrected chi connectivity index (χ3v) is 3.44. The molecule has 1 aliphatic heterocycles. The molecule has 0 radical (unpaired) electrons. The topological polar surface area (TPSA) is 48.4 Å². The van der Waals surface area contributed by atoms with Crippen LogP contribution in [0, 0.1) is 5.92 Å². The second-order valence-electron chi connectivity index (χ2n) is 4.79. The van der Waals surface area contributed by atoms with E-state index in [1.54, 1.807) is 0 Å². The molecule has 1 saturated heterocycles. The quantitative estimate of drug-likeness (QED) is 0.826. The van der Waals surface area contributed by atoms with E-state index in [1.165, 1.54) is 0 Å². The normalized spacial score (nSPS) is 22.6. The molecule has 1 aromatic rings. The maximum atomic E-state index is 9.57. The summed E-state index contributed by atoms with van der Waals surface area (Å²) in [7, 11) is 1.88. The van der Waals surface area contributed by atoms with Gasteiger partial charge in [0.15, 0.2) is 0 Å². The van der Waals surface area contributed by atoms with Gasteiger partial charge in [0.25, 0.3) is 0 Å². The molecule has 0 bridgehead atoms. The maximum absolute atomic E-state index is 9.57. The highest BCUT2D eigenvalue weighted by molar-refractivity contribution is 5.34. The van der Waals surface area contributed by atoms with Gasteiger partial charge in [0, 0.05) is 20.1 Å². The number of aromatic nitrogens is 1. The van der Waals surface area contributed by atoms with Crippen LogP contribution in [-0.4, -0.2) is 41.2 Å². The molecule has 4 nitrogen and oxygen atoms in total. The van der Waals surface area contributed by atoms with Gasteiger partial charge in [0.1, 0.15) is 5.82 Å².